The summed E-state index contributed by atoms with van der Waals surface area (Å²) in [5.41, 5.74) is 3.38. The van der Waals surface area contributed by atoms with Gasteiger partial charge in [0.15, 0.2) is 6.29 Å². The average molecular weight is 207 g/mol. The van der Waals surface area contributed by atoms with Crippen molar-refractivity contribution in [3.63, 3.8) is 0 Å². The Morgan fingerprint density at radius 3 is 2.93 bits per heavy atom. The Bertz CT molecular complexity index is 453. The fourth-order valence-corrected chi connectivity index (χ4v) is 1.76. The summed E-state index contributed by atoms with van der Waals surface area (Å²) >= 11 is 1.44. The van der Waals surface area contributed by atoms with Gasteiger partial charge in [0, 0.05) is 16.5 Å². The first-order chi connectivity index (χ1) is 6.81. The van der Waals surface area contributed by atoms with Crippen molar-refractivity contribution >= 4 is 17.6 Å². The van der Waals surface area contributed by atoms with Gasteiger partial charge in [0.25, 0.3) is 0 Å². The van der Waals surface area contributed by atoms with Crippen LogP contribution < -0.4 is 0 Å². The van der Waals surface area contributed by atoms with E-state index in [2.05, 4.69) is 4.98 Å². The molecule has 70 valence electrons. The zero-order chi connectivity index (χ0) is 9.97. The zero-order valence-corrected chi connectivity index (χ0v) is 7.92. The molecule has 0 bridgehead atoms. The van der Waals surface area contributed by atoms with Gasteiger partial charge in [0.2, 0.25) is 0 Å². The van der Waals surface area contributed by atoms with Gasteiger partial charge in [-0.05, 0) is 18.2 Å². The standard InChI is InChI=1S/C10H6FNOS/c11-8-1-2-9(7(3-8)4-13)10-5-14-6-12-10/h1-6H. The number of benzene rings is 1. The van der Waals surface area contributed by atoms with Crippen LogP contribution in [0.3, 0.4) is 0 Å². The highest BCUT2D eigenvalue weighted by Crippen LogP contribution is 2.22. The molecule has 0 aliphatic heterocycles. The van der Waals surface area contributed by atoms with Gasteiger partial charge in [-0.25, -0.2) is 9.37 Å². The predicted octanol–water partition coefficient (Wildman–Crippen LogP) is 2.76. The van der Waals surface area contributed by atoms with Crippen LogP contribution in [-0.4, -0.2) is 11.3 Å². The van der Waals surface area contributed by atoms with Gasteiger partial charge in [-0.1, -0.05) is 0 Å². The number of aromatic nitrogens is 1. The Kier molecular flexibility index (Phi) is 2.37. The third-order valence-corrected chi connectivity index (χ3v) is 2.44. The summed E-state index contributed by atoms with van der Waals surface area (Å²) in [6, 6.07) is 4.09. The van der Waals surface area contributed by atoms with Gasteiger partial charge in [-0.2, -0.15) is 0 Å². The van der Waals surface area contributed by atoms with Crippen molar-refractivity contribution in [1.29, 1.82) is 0 Å². The molecule has 1 aromatic heterocycles. The highest BCUT2D eigenvalue weighted by atomic mass is 32.1. The summed E-state index contributed by atoms with van der Waals surface area (Å²) < 4.78 is 12.8. The zero-order valence-electron chi connectivity index (χ0n) is 7.11. The first kappa shape index (κ1) is 9.02. The molecule has 0 aliphatic carbocycles. The maximum absolute atomic E-state index is 12.8. The summed E-state index contributed by atoms with van der Waals surface area (Å²) in [6.45, 7) is 0. The fourth-order valence-electron chi connectivity index (χ4n) is 1.21. The lowest BCUT2D eigenvalue weighted by molar-refractivity contribution is 0.112. The lowest BCUT2D eigenvalue weighted by atomic mass is 10.1. The molecule has 0 unspecified atom stereocenters. The number of hydrogen-bond acceptors (Lipinski definition) is 3. The molecule has 1 heterocycles. The Labute approximate surface area is 84.0 Å². The molecule has 0 aliphatic rings. The minimum atomic E-state index is -0.411. The van der Waals surface area contributed by atoms with Crippen LogP contribution in [0.4, 0.5) is 4.39 Å². The molecule has 2 rings (SSSR count). The Morgan fingerprint density at radius 1 is 1.43 bits per heavy atom. The molecule has 0 saturated heterocycles. The molecule has 0 amide bonds. The minimum Gasteiger partial charge on any atom is -0.298 e. The molecule has 0 saturated carbocycles. The van der Waals surface area contributed by atoms with Gasteiger partial charge in [-0.3, -0.25) is 4.79 Å². The smallest absolute Gasteiger partial charge is 0.150 e. The van der Waals surface area contributed by atoms with Crippen molar-refractivity contribution in [3.8, 4) is 11.3 Å². The second kappa shape index (κ2) is 3.67. The Morgan fingerprint density at radius 2 is 2.29 bits per heavy atom. The van der Waals surface area contributed by atoms with E-state index in [1.807, 2.05) is 5.38 Å². The van der Waals surface area contributed by atoms with E-state index < -0.39 is 5.82 Å². The van der Waals surface area contributed by atoms with Crippen molar-refractivity contribution in [2.45, 2.75) is 0 Å². The van der Waals surface area contributed by atoms with Gasteiger partial charge >= 0.3 is 0 Å². The van der Waals surface area contributed by atoms with Crippen molar-refractivity contribution in [2.75, 3.05) is 0 Å². The highest BCUT2D eigenvalue weighted by Gasteiger charge is 2.06. The maximum Gasteiger partial charge on any atom is 0.150 e. The van der Waals surface area contributed by atoms with Crippen LogP contribution in [0, 0.1) is 5.82 Å². The largest absolute Gasteiger partial charge is 0.298 e. The average Bonchev–Trinajstić information content (AvgIpc) is 2.70. The van der Waals surface area contributed by atoms with Crippen LogP contribution in [0.15, 0.2) is 29.1 Å². The number of aldehydes is 1. The van der Waals surface area contributed by atoms with E-state index >= 15 is 0 Å². The van der Waals surface area contributed by atoms with E-state index in [0.717, 1.165) is 0 Å². The number of carbonyl (C=O) groups is 1. The van der Waals surface area contributed by atoms with Crippen molar-refractivity contribution in [3.05, 3.63) is 40.5 Å². The summed E-state index contributed by atoms with van der Waals surface area (Å²) in [4.78, 5) is 14.7. The summed E-state index contributed by atoms with van der Waals surface area (Å²) in [5, 5.41) is 1.82. The Balaban J connectivity index is 2.58. The molecular weight excluding hydrogens is 201 g/mol. The van der Waals surface area contributed by atoms with Crippen molar-refractivity contribution in [2.24, 2.45) is 0 Å². The number of rotatable bonds is 2. The van der Waals surface area contributed by atoms with Crippen molar-refractivity contribution in [1.82, 2.24) is 4.98 Å². The molecule has 0 spiro atoms. The molecule has 0 radical (unpaired) electrons. The molecule has 0 N–H and O–H groups in total. The minimum absolute atomic E-state index is 0.330. The Hall–Kier alpha value is -1.55. The molecule has 1 aromatic carbocycles. The molecule has 2 aromatic rings. The topological polar surface area (TPSA) is 30.0 Å². The predicted molar refractivity (Wildman–Crippen MR) is 52.9 cm³/mol. The van der Waals surface area contributed by atoms with Gasteiger partial charge in [-0.15, -0.1) is 11.3 Å². The van der Waals surface area contributed by atoms with Crippen LogP contribution in [0.25, 0.3) is 11.3 Å². The van der Waals surface area contributed by atoms with E-state index in [9.17, 15) is 9.18 Å². The third kappa shape index (κ3) is 1.56. The fraction of sp³-hybridized carbons (Fsp3) is 0. The van der Waals surface area contributed by atoms with Gasteiger partial charge in [0.05, 0.1) is 11.2 Å². The quantitative estimate of drug-likeness (QED) is 0.709. The normalized spacial score (nSPS) is 10.1. The molecular formula is C10H6FNOS. The monoisotopic (exact) mass is 207 g/mol. The van der Waals surface area contributed by atoms with Gasteiger partial charge < -0.3 is 0 Å². The molecule has 4 heteroatoms. The number of halogens is 1. The van der Waals surface area contributed by atoms with E-state index in [0.29, 0.717) is 23.1 Å². The van der Waals surface area contributed by atoms with Gasteiger partial charge in [0.1, 0.15) is 5.82 Å². The number of nitrogens with zero attached hydrogens (tertiary/aromatic N) is 1. The molecule has 14 heavy (non-hydrogen) atoms. The van der Waals surface area contributed by atoms with Crippen LogP contribution in [0.1, 0.15) is 10.4 Å². The number of carbonyl (C=O) groups excluding carboxylic acids is 1. The second-order valence-corrected chi connectivity index (χ2v) is 3.44. The first-order valence-corrected chi connectivity index (χ1v) is 4.89. The summed E-state index contributed by atoms with van der Waals surface area (Å²) in [5.74, 6) is -0.411. The van der Waals surface area contributed by atoms with E-state index in [4.69, 9.17) is 0 Å². The van der Waals surface area contributed by atoms with E-state index in [1.165, 1.54) is 23.5 Å². The SMILES string of the molecule is O=Cc1cc(F)ccc1-c1cscn1. The third-order valence-electron chi connectivity index (χ3n) is 1.85. The lowest BCUT2D eigenvalue weighted by Gasteiger charge is -2.00. The summed E-state index contributed by atoms with van der Waals surface area (Å²) in [7, 11) is 0. The number of hydrogen-bond donors (Lipinski definition) is 0. The maximum atomic E-state index is 12.8. The van der Waals surface area contributed by atoms with Crippen molar-refractivity contribution < 1.29 is 9.18 Å². The summed E-state index contributed by atoms with van der Waals surface area (Å²) in [6.07, 6.45) is 0.637. The van der Waals surface area contributed by atoms with Crippen LogP contribution >= 0.6 is 11.3 Å². The lowest BCUT2D eigenvalue weighted by Crippen LogP contribution is -1.89. The van der Waals surface area contributed by atoms with Crippen LogP contribution in [0.5, 0.6) is 0 Å². The molecule has 0 atom stereocenters. The molecule has 0 fully saturated rings. The number of thiazole rings is 1. The van der Waals surface area contributed by atoms with Crippen LogP contribution in [0.2, 0.25) is 0 Å². The van der Waals surface area contributed by atoms with E-state index in [1.54, 1.807) is 11.6 Å². The van der Waals surface area contributed by atoms with Crippen LogP contribution in [-0.2, 0) is 0 Å². The second-order valence-electron chi connectivity index (χ2n) is 2.72. The van der Waals surface area contributed by atoms with E-state index in [-0.39, 0.29) is 0 Å². The highest BCUT2D eigenvalue weighted by molar-refractivity contribution is 7.07. The molecule has 2 nitrogen and oxygen atoms in total. The first-order valence-electron chi connectivity index (χ1n) is 3.94.